The number of anilines is 1. The Hall–Kier alpha value is -1.89. The van der Waals surface area contributed by atoms with Gasteiger partial charge in [-0.3, -0.25) is 0 Å². The van der Waals surface area contributed by atoms with Crippen LogP contribution in [0.2, 0.25) is 0 Å². The first-order valence-electron chi connectivity index (χ1n) is 5.99. The molecule has 0 aromatic carbocycles. The predicted molar refractivity (Wildman–Crippen MR) is 72.2 cm³/mol. The molecule has 1 saturated heterocycles. The number of hydrogen-bond acceptors (Lipinski definition) is 5. The number of imidazole rings is 1. The Morgan fingerprint density at radius 2 is 2.16 bits per heavy atom. The van der Waals surface area contributed by atoms with Crippen LogP contribution in [0.5, 0.6) is 0 Å². The van der Waals surface area contributed by atoms with Crippen molar-refractivity contribution in [3.8, 4) is 11.3 Å². The number of rotatable bonds is 2. The molecule has 1 aliphatic rings. The molecule has 1 fully saturated rings. The lowest BCUT2D eigenvalue weighted by atomic mass is 10.2. The number of nitrogens with zero attached hydrogens (tertiary/aromatic N) is 3. The first-order chi connectivity index (χ1) is 9.05. The Bertz CT molecular complexity index is 691. The van der Waals surface area contributed by atoms with Crippen molar-refractivity contribution >= 4 is 15.7 Å². The standard InChI is InChI=1S/C12H14N4O2S/c13-12-2-1-9(5-15-12)11-6-14-8-16(11)10-3-4-19(17,18)7-10/h1-2,5-6,8,10H,3-4,7H2,(H2,13,15). The highest BCUT2D eigenvalue weighted by Gasteiger charge is 2.30. The van der Waals surface area contributed by atoms with Gasteiger partial charge < -0.3 is 10.3 Å². The highest BCUT2D eigenvalue weighted by Crippen LogP contribution is 2.29. The van der Waals surface area contributed by atoms with Crippen molar-refractivity contribution in [2.45, 2.75) is 12.5 Å². The number of nitrogen functional groups attached to an aromatic ring is 1. The molecule has 0 bridgehead atoms. The third kappa shape index (κ3) is 2.33. The van der Waals surface area contributed by atoms with Crippen molar-refractivity contribution in [1.29, 1.82) is 0 Å². The van der Waals surface area contributed by atoms with Gasteiger partial charge in [0.1, 0.15) is 5.82 Å². The van der Waals surface area contributed by atoms with E-state index in [1.54, 1.807) is 24.8 Å². The molecule has 0 radical (unpaired) electrons. The lowest BCUT2D eigenvalue weighted by Gasteiger charge is -2.13. The summed E-state index contributed by atoms with van der Waals surface area (Å²) in [6.45, 7) is 0. The number of aromatic nitrogens is 3. The second-order valence-electron chi connectivity index (χ2n) is 4.71. The minimum Gasteiger partial charge on any atom is -0.384 e. The average molecular weight is 278 g/mol. The molecule has 1 unspecified atom stereocenters. The van der Waals surface area contributed by atoms with E-state index in [4.69, 9.17) is 5.73 Å². The monoisotopic (exact) mass is 278 g/mol. The Morgan fingerprint density at radius 1 is 1.32 bits per heavy atom. The van der Waals surface area contributed by atoms with E-state index < -0.39 is 9.84 Å². The molecule has 0 amide bonds. The SMILES string of the molecule is Nc1ccc(-c2cncn2C2CCS(=O)(=O)C2)cn1. The molecular weight excluding hydrogens is 264 g/mol. The minimum absolute atomic E-state index is 0.0416. The van der Waals surface area contributed by atoms with Crippen LogP contribution >= 0.6 is 0 Å². The quantitative estimate of drug-likeness (QED) is 0.880. The zero-order chi connectivity index (χ0) is 13.5. The van der Waals surface area contributed by atoms with Crippen LogP contribution in [0.1, 0.15) is 12.5 Å². The van der Waals surface area contributed by atoms with Crippen molar-refractivity contribution in [3.63, 3.8) is 0 Å². The van der Waals surface area contributed by atoms with Gasteiger partial charge in [0.2, 0.25) is 0 Å². The number of hydrogen-bond donors (Lipinski definition) is 1. The summed E-state index contributed by atoms with van der Waals surface area (Å²) in [5.41, 5.74) is 7.32. The van der Waals surface area contributed by atoms with Gasteiger partial charge in [0, 0.05) is 11.8 Å². The van der Waals surface area contributed by atoms with Crippen molar-refractivity contribution < 1.29 is 8.42 Å². The average Bonchev–Trinajstić information content (AvgIpc) is 2.96. The first-order valence-corrected chi connectivity index (χ1v) is 7.81. The molecular formula is C12H14N4O2S. The zero-order valence-electron chi connectivity index (χ0n) is 10.2. The van der Waals surface area contributed by atoms with E-state index in [1.165, 1.54) is 0 Å². The largest absolute Gasteiger partial charge is 0.384 e. The predicted octanol–water partition coefficient (Wildman–Crippen LogP) is 0.887. The van der Waals surface area contributed by atoms with Gasteiger partial charge in [-0.15, -0.1) is 0 Å². The molecule has 1 atom stereocenters. The lowest BCUT2D eigenvalue weighted by molar-refractivity contribution is 0.559. The molecule has 3 heterocycles. The lowest BCUT2D eigenvalue weighted by Crippen LogP contribution is -2.11. The van der Waals surface area contributed by atoms with Crippen LogP contribution in [0.3, 0.4) is 0 Å². The Kier molecular flexibility index (Phi) is 2.78. The number of pyridine rings is 1. The molecule has 19 heavy (non-hydrogen) atoms. The van der Waals surface area contributed by atoms with Crippen molar-refractivity contribution in [2.75, 3.05) is 17.2 Å². The van der Waals surface area contributed by atoms with Crippen LogP contribution in [-0.2, 0) is 9.84 Å². The van der Waals surface area contributed by atoms with Gasteiger partial charge in [-0.1, -0.05) is 0 Å². The normalized spacial score (nSPS) is 21.6. The smallest absolute Gasteiger partial charge is 0.152 e. The van der Waals surface area contributed by atoms with Gasteiger partial charge >= 0.3 is 0 Å². The number of nitrogens with two attached hydrogens (primary N) is 1. The van der Waals surface area contributed by atoms with E-state index >= 15 is 0 Å². The molecule has 6 nitrogen and oxygen atoms in total. The maximum atomic E-state index is 11.6. The summed E-state index contributed by atoms with van der Waals surface area (Å²) < 4.78 is 25.0. The molecule has 1 aliphatic heterocycles. The third-order valence-electron chi connectivity index (χ3n) is 3.35. The van der Waals surface area contributed by atoms with Gasteiger partial charge in [-0.25, -0.2) is 18.4 Å². The van der Waals surface area contributed by atoms with Gasteiger partial charge in [0.05, 0.1) is 35.8 Å². The maximum absolute atomic E-state index is 11.6. The fraction of sp³-hybridized carbons (Fsp3) is 0.333. The molecule has 2 N–H and O–H groups in total. The highest BCUT2D eigenvalue weighted by molar-refractivity contribution is 7.91. The van der Waals surface area contributed by atoms with Gasteiger partial charge in [0.15, 0.2) is 9.84 Å². The van der Waals surface area contributed by atoms with Gasteiger partial charge in [0.25, 0.3) is 0 Å². The van der Waals surface area contributed by atoms with Crippen molar-refractivity contribution in [1.82, 2.24) is 14.5 Å². The Labute approximate surface area is 111 Å². The van der Waals surface area contributed by atoms with E-state index in [9.17, 15) is 8.42 Å². The second kappa shape index (κ2) is 4.34. The van der Waals surface area contributed by atoms with Crippen LogP contribution in [-0.4, -0.2) is 34.5 Å². The summed E-state index contributed by atoms with van der Waals surface area (Å²) in [5, 5.41) is 0. The number of sulfone groups is 1. The molecule has 2 aromatic rings. The fourth-order valence-corrected chi connectivity index (χ4v) is 4.08. The van der Waals surface area contributed by atoms with E-state index in [1.807, 2.05) is 10.6 Å². The first kappa shape index (κ1) is 12.2. The topological polar surface area (TPSA) is 90.9 Å². The van der Waals surface area contributed by atoms with Crippen LogP contribution in [0.15, 0.2) is 30.9 Å². The summed E-state index contributed by atoms with van der Waals surface area (Å²) in [4.78, 5) is 8.17. The summed E-state index contributed by atoms with van der Waals surface area (Å²) in [5.74, 6) is 0.881. The highest BCUT2D eigenvalue weighted by atomic mass is 32.2. The molecule has 2 aromatic heterocycles. The van der Waals surface area contributed by atoms with E-state index in [-0.39, 0.29) is 17.5 Å². The molecule has 0 aliphatic carbocycles. The summed E-state index contributed by atoms with van der Waals surface area (Å²) in [6, 6.07) is 3.54. The van der Waals surface area contributed by atoms with Crippen LogP contribution in [0, 0.1) is 0 Å². The van der Waals surface area contributed by atoms with Gasteiger partial charge in [-0.05, 0) is 18.6 Å². The van der Waals surface area contributed by atoms with Crippen molar-refractivity contribution in [3.05, 3.63) is 30.9 Å². The van der Waals surface area contributed by atoms with Crippen LogP contribution < -0.4 is 5.73 Å². The summed E-state index contributed by atoms with van der Waals surface area (Å²) >= 11 is 0. The molecule has 100 valence electrons. The third-order valence-corrected chi connectivity index (χ3v) is 5.10. The van der Waals surface area contributed by atoms with E-state index in [0.29, 0.717) is 12.2 Å². The van der Waals surface area contributed by atoms with E-state index in [2.05, 4.69) is 9.97 Å². The second-order valence-corrected chi connectivity index (χ2v) is 6.94. The van der Waals surface area contributed by atoms with Crippen LogP contribution in [0.4, 0.5) is 5.82 Å². The molecule has 7 heteroatoms. The Balaban J connectivity index is 1.97. The van der Waals surface area contributed by atoms with Crippen molar-refractivity contribution in [2.24, 2.45) is 0 Å². The van der Waals surface area contributed by atoms with Crippen LogP contribution in [0.25, 0.3) is 11.3 Å². The zero-order valence-corrected chi connectivity index (χ0v) is 11.0. The fourth-order valence-electron chi connectivity index (χ4n) is 2.37. The molecule has 0 spiro atoms. The summed E-state index contributed by atoms with van der Waals surface area (Å²) in [6.07, 6.45) is 5.70. The van der Waals surface area contributed by atoms with E-state index in [0.717, 1.165) is 11.3 Å². The molecule has 0 saturated carbocycles. The Morgan fingerprint density at radius 3 is 2.79 bits per heavy atom. The van der Waals surface area contributed by atoms with Gasteiger partial charge in [-0.2, -0.15) is 0 Å². The minimum atomic E-state index is -2.91. The summed E-state index contributed by atoms with van der Waals surface area (Å²) in [7, 11) is -2.91. The maximum Gasteiger partial charge on any atom is 0.152 e. The molecule has 3 rings (SSSR count).